The molecule has 0 saturated carbocycles. The Bertz CT molecular complexity index is 314. The highest BCUT2D eigenvalue weighted by Gasteiger charge is 2.27. The normalized spacial score (nSPS) is 12.5. The molecule has 78 valence electrons. The fraction of sp³-hybridized carbons (Fsp3) is 0.571. The van der Waals surface area contributed by atoms with E-state index < -0.39 is 12.1 Å². The number of methoxy groups -OCH3 is 1. The molecule has 1 unspecified atom stereocenters. The molecule has 0 saturated heterocycles. The lowest BCUT2D eigenvalue weighted by atomic mass is 10.3. The lowest BCUT2D eigenvalue weighted by molar-refractivity contribution is -0.156. The van der Waals surface area contributed by atoms with Crippen molar-refractivity contribution in [3.05, 3.63) is 5.89 Å². The van der Waals surface area contributed by atoms with Gasteiger partial charge in [0, 0.05) is 7.11 Å². The van der Waals surface area contributed by atoms with Gasteiger partial charge in [-0.3, -0.25) is 0 Å². The number of carbonyl (C=O) groups is 1. The first-order valence-electron chi connectivity index (χ1n) is 3.90. The van der Waals surface area contributed by atoms with Crippen molar-refractivity contribution in [1.82, 2.24) is 10.2 Å². The topological polar surface area (TPSA) is 74.5 Å². The molecule has 1 rings (SSSR count). The van der Waals surface area contributed by atoms with E-state index in [4.69, 9.17) is 13.9 Å². The predicted molar refractivity (Wildman–Crippen MR) is 47.9 cm³/mol. The number of ether oxygens (including phenoxy) is 2. The first-order valence-corrected chi connectivity index (χ1v) is 4.35. The van der Waals surface area contributed by atoms with Crippen molar-refractivity contribution >= 4 is 18.6 Å². The molecule has 0 fully saturated rings. The number of hydrogen-bond acceptors (Lipinski definition) is 7. The van der Waals surface area contributed by atoms with Crippen LogP contribution in [0, 0.1) is 0 Å². The Balaban J connectivity index is 2.76. The van der Waals surface area contributed by atoms with Gasteiger partial charge in [-0.2, -0.15) is 0 Å². The number of carbonyl (C=O) groups excluding carboxylic acids is 1. The van der Waals surface area contributed by atoms with E-state index in [2.05, 4.69) is 22.8 Å². The first kappa shape index (κ1) is 11.0. The first-order chi connectivity index (χ1) is 6.69. The summed E-state index contributed by atoms with van der Waals surface area (Å²) in [4.78, 5) is 11.3. The molecule has 1 heterocycles. The summed E-state index contributed by atoms with van der Waals surface area (Å²) in [5.41, 5.74) is 0. The monoisotopic (exact) mass is 218 g/mol. The van der Waals surface area contributed by atoms with Crippen LogP contribution in [0.2, 0.25) is 0 Å². The highest BCUT2D eigenvalue weighted by molar-refractivity contribution is 7.80. The van der Waals surface area contributed by atoms with Gasteiger partial charge in [0.25, 0.3) is 11.1 Å². The minimum absolute atomic E-state index is 0.0379. The van der Waals surface area contributed by atoms with E-state index in [1.165, 1.54) is 7.11 Å². The summed E-state index contributed by atoms with van der Waals surface area (Å²) in [5, 5.41) is 7.13. The predicted octanol–water partition coefficient (Wildman–Crippen LogP) is 0.609. The van der Waals surface area contributed by atoms with Gasteiger partial charge in [-0.15, -0.1) is 10.2 Å². The van der Waals surface area contributed by atoms with Gasteiger partial charge in [0.1, 0.15) is 0 Å². The number of aromatic nitrogens is 2. The van der Waals surface area contributed by atoms with E-state index in [0.717, 1.165) is 0 Å². The zero-order chi connectivity index (χ0) is 10.6. The molecule has 0 aromatic carbocycles. The van der Waals surface area contributed by atoms with Crippen LogP contribution in [-0.4, -0.2) is 29.9 Å². The molecule has 0 aliphatic carbocycles. The van der Waals surface area contributed by atoms with Crippen LogP contribution in [0.25, 0.3) is 0 Å². The maximum Gasteiger partial charge on any atom is 0.345 e. The third-order valence-corrected chi connectivity index (χ3v) is 1.57. The second-order valence-corrected chi connectivity index (χ2v) is 2.67. The molecule has 0 bridgehead atoms. The van der Waals surface area contributed by atoms with E-state index in [1.54, 1.807) is 6.92 Å². The van der Waals surface area contributed by atoms with Crippen molar-refractivity contribution in [1.29, 1.82) is 0 Å². The van der Waals surface area contributed by atoms with Crippen LogP contribution in [-0.2, 0) is 14.3 Å². The van der Waals surface area contributed by atoms with Crippen LogP contribution < -0.4 is 0 Å². The summed E-state index contributed by atoms with van der Waals surface area (Å²) in [6.45, 7) is 1.96. The van der Waals surface area contributed by atoms with E-state index in [9.17, 15) is 4.79 Å². The minimum atomic E-state index is -0.983. The molecular weight excluding hydrogens is 208 g/mol. The smallest absolute Gasteiger partial charge is 0.345 e. The number of hydrogen-bond donors (Lipinski definition) is 1. The van der Waals surface area contributed by atoms with E-state index in [-0.39, 0.29) is 17.7 Å². The lowest BCUT2D eigenvalue weighted by Gasteiger charge is -2.08. The van der Waals surface area contributed by atoms with Crippen molar-refractivity contribution in [2.75, 3.05) is 13.7 Å². The fourth-order valence-electron chi connectivity index (χ4n) is 0.848. The molecule has 14 heavy (non-hydrogen) atoms. The summed E-state index contributed by atoms with van der Waals surface area (Å²) < 4.78 is 14.5. The van der Waals surface area contributed by atoms with Crippen molar-refractivity contribution in [3.63, 3.8) is 0 Å². The summed E-state index contributed by atoms with van der Waals surface area (Å²) >= 11 is 3.81. The molecule has 0 aliphatic rings. The third-order valence-electron chi connectivity index (χ3n) is 1.39. The van der Waals surface area contributed by atoms with E-state index >= 15 is 0 Å². The second kappa shape index (κ2) is 4.97. The van der Waals surface area contributed by atoms with Crippen LogP contribution in [0.15, 0.2) is 9.64 Å². The molecule has 1 aromatic rings. The number of nitrogens with zero attached hydrogens (tertiary/aromatic N) is 2. The Morgan fingerprint density at radius 1 is 1.64 bits per heavy atom. The number of thiol groups is 1. The van der Waals surface area contributed by atoms with E-state index in [0.29, 0.717) is 0 Å². The van der Waals surface area contributed by atoms with Gasteiger partial charge in [0.2, 0.25) is 6.10 Å². The number of rotatable bonds is 4. The van der Waals surface area contributed by atoms with Crippen LogP contribution in [0.5, 0.6) is 0 Å². The van der Waals surface area contributed by atoms with Crippen molar-refractivity contribution < 1.29 is 18.7 Å². The van der Waals surface area contributed by atoms with E-state index in [1.807, 2.05) is 0 Å². The van der Waals surface area contributed by atoms with Gasteiger partial charge >= 0.3 is 5.97 Å². The second-order valence-electron chi connectivity index (χ2n) is 2.29. The van der Waals surface area contributed by atoms with Crippen LogP contribution in [0.4, 0.5) is 0 Å². The maximum atomic E-state index is 11.3. The van der Waals surface area contributed by atoms with Gasteiger partial charge in [-0.1, -0.05) is 12.6 Å². The minimum Gasteiger partial charge on any atom is -0.464 e. The average Bonchev–Trinajstić information content (AvgIpc) is 2.54. The van der Waals surface area contributed by atoms with Crippen LogP contribution in [0.3, 0.4) is 0 Å². The summed E-state index contributed by atoms with van der Waals surface area (Å²) in [7, 11) is 1.35. The Kier molecular flexibility index (Phi) is 3.90. The van der Waals surface area contributed by atoms with Gasteiger partial charge in [0.15, 0.2) is 0 Å². The highest BCUT2D eigenvalue weighted by Crippen LogP contribution is 2.17. The highest BCUT2D eigenvalue weighted by atomic mass is 32.1. The van der Waals surface area contributed by atoms with Gasteiger partial charge < -0.3 is 13.9 Å². The van der Waals surface area contributed by atoms with Crippen LogP contribution >= 0.6 is 12.6 Å². The summed E-state index contributed by atoms with van der Waals surface area (Å²) in [5.74, 6) is -0.525. The zero-order valence-corrected chi connectivity index (χ0v) is 8.65. The molecule has 7 heteroatoms. The van der Waals surface area contributed by atoms with Gasteiger partial charge in [0.05, 0.1) is 6.61 Å². The molecule has 6 nitrogen and oxygen atoms in total. The average molecular weight is 218 g/mol. The molecule has 1 atom stereocenters. The lowest BCUT2D eigenvalue weighted by Crippen LogP contribution is -2.18. The Labute approximate surface area is 86.0 Å². The molecule has 0 radical (unpaired) electrons. The van der Waals surface area contributed by atoms with Gasteiger partial charge in [-0.25, -0.2) is 4.79 Å². The van der Waals surface area contributed by atoms with Crippen LogP contribution in [0.1, 0.15) is 18.9 Å². The Morgan fingerprint density at radius 2 is 2.36 bits per heavy atom. The van der Waals surface area contributed by atoms with Crippen molar-refractivity contribution in [2.45, 2.75) is 18.3 Å². The maximum absolute atomic E-state index is 11.3. The molecule has 0 amide bonds. The quantitative estimate of drug-likeness (QED) is 0.589. The van der Waals surface area contributed by atoms with Crippen molar-refractivity contribution in [3.8, 4) is 0 Å². The third kappa shape index (κ3) is 2.46. The number of esters is 1. The molecule has 1 aromatic heterocycles. The summed E-state index contributed by atoms with van der Waals surface area (Å²) in [6.07, 6.45) is -0.983. The molecule has 0 aliphatic heterocycles. The largest absolute Gasteiger partial charge is 0.464 e. The SMILES string of the molecule is CCOC(=O)C(OC)c1nnc(S)o1. The zero-order valence-electron chi connectivity index (χ0n) is 7.76. The van der Waals surface area contributed by atoms with Gasteiger partial charge in [-0.05, 0) is 6.92 Å². The molecule has 0 spiro atoms. The standard InChI is InChI=1S/C7H10N2O4S/c1-3-12-6(10)4(11-2)5-8-9-7(14)13-5/h4H,3H2,1-2H3,(H,9,14). The Morgan fingerprint density at radius 3 is 2.79 bits per heavy atom. The molecular formula is C7H10N2O4S. The summed E-state index contributed by atoms with van der Waals surface area (Å²) in [6, 6.07) is 0. The van der Waals surface area contributed by atoms with Crippen molar-refractivity contribution in [2.24, 2.45) is 0 Å². The fourth-order valence-corrected chi connectivity index (χ4v) is 0.986. The molecule has 0 N–H and O–H groups in total. The Hall–Kier alpha value is -1.08.